The third-order valence-electron chi connectivity index (χ3n) is 7.95. The van der Waals surface area contributed by atoms with Crippen molar-refractivity contribution in [3.8, 4) is 11.5 Å². The summed E-state index contributed by atoms with van der Waals surface area (Å²) in [5, 5.41) is 0. The number of amides is 3. The molecular weight excluding hydrogens is 444 g/mol. The first kappa shape index (κ1) is 23.4. The van der Waals surface area contributed by atoms with Crippen LogP contribution < -0.4 is 9.47 Å². The summed E-state index contributed by atoms with van der Waals surface area (Å²) in [6.45, 7) is 2.81. The van der Waals surface area contributed by atoms with E-state index in [4.69, 9.17) is 9.47 Å². The molecule has 184 valence electrons. The summed E-state index contributed by atoms with van der Waals surface area (Å²) in [4.78, 5) is 43.5. The second-order valence-corrected chi connectivity index (χ2v) is 9.84. The average Bonchev–Trinajstić information content (AvgIpc) is 3.12. The van der Waals surface area contributed by atoms with Crippen molar-refractivity contribution in [2.75, 3.05) is 27.3 Å². The molecule has 3 aliphatic rings. The van der Waals surface area contributed by atoms with Gasteiger partial charge in [0, 0.05) is 12.5 Å². The lowest BCUT2D eigenvalue weighted by Crippen LogP contribution is -2.49. The van der Waals surface area contributed by atoms with Gasteiger partial charge >= 0.3 is 0 Å². The highest BCUT2D eigenvalue weighted by Crippen LogP contribution is 2.41. The summed E-state index contributed by atoms with van der Waals surface area (Å²) in [6.07, 6.45) is 4.83. The average molecular weight is 477 g/mol. The van der Waals surface area contributed by atoms with Crippen LogP contribution in [0.2, 0.25) is 0 Å². The lowest BCUT2D eigenvalue weighted by molar-refractivity contribution is -0.141. The van der Waals surface area contributed by atoms with Gasteiger partial charge in [0.25, 0.3) is 11.8 Å². The first-order valence-corrected chi connectivity index (χ1v) is 12.4. The Morgan fingerprint density at radius 1 is 0.971 bits per heavy atom. The van der Waals surface area contributed by atoms with Crippen LogP contribution in [0.15, 0.2) is 36.4 Å². The summed E-state index contributed by atoms with van der Waals surface area (Å²) in [5.74, 6) is 0.996. The van der Waals surface area contributed by atoms with E-state index in [9.17, 15) is 14.4 Å². The molecule has 0 saturated heterocycles. The molecule has 0 unspecified atom stereocenters. The molecule has 3 amide bonds. The van der Waals surface area contributed by atoms with Crippen molar-refractivity contribution in [3.63, 3.8) is 0 Å². The van der Waals surface area contributed by atoms with Crippen LogP contribution in [0, 0.1) is 11.8 Å². The summed E-state index contributed by atoms with van der Waals surface area (Å²) in [5.41, 5.74) is 2.78. The zero-order chi connectivity index (χ0) is 24.7. The van der Waals surface area contributed by atoms with E-state index in [0.717, 1.165) is 36.8 Å². The van der Waals surface area contributed by atoms with E-state index in [0.29, 0.717) is 41.5 Å². The second-order valence-electron chi connectivity index (χ2n) is 9.84. The number of nitrogens with zero attached hydrogens (tertiary/aromatic N) is 2. The fourth-order valence-corrected chi connectivity index (χ4v) is 5.96. The van der Waals surface area contributed by atoms with Crippen LogP contribution in [0.3, 0.4) is 0 Å². The molecular formula is C28H32N2O5. The Balaban J connectivity index is 1.54. The Labute approximate surface area is 206 Å². The number of hydrogen-bond donors (Lipinski definition) is 0. The Bertz CT molecular complexity index is 1140. The molecule has 0 radical (unpaired) electrons. The van der Waals surface area contributed by atoms with Gasteiger partial charge in [0.1, 0.15) is 0 Å². The molecule has 5 rings (SSSR count). The first-order chi connectivity index (χ1) is 16.9. The van der Waals surface area contributed by atoms with Crippen LogP contribution in [-0.2, 0) is 11.2 Å². The number of imide groups is 1. The van der Waals surface area contributed by atoms with Gasteiger partial charge in [-0.15, -0.1) is 0 Å². The third-order valence-corrected chi connectivity index (χ3v) is 7.95. The smallest absolute Gasteiger partial charge is 0.261 e. The normalized spacial score (nSPS) is 23.7. The van der Waals surface area contributed by atoms with Crippen LogP contribution in [0.25, 0.3) is 0 Å². The first-order valence-electron chi connectivity index (χ1n) is 12.4. The second kappa shape index (κ2) is 9.36. The van der Waals surface area contributed by atoms with E-state index in [-0.39, 0.29) is 30.2 Å². The van der Waals surface area contributed by atoms with Gasteiger partial charge < -0.3 is 14.4 Å². The van der Waals surface area contributed by atoms with Crippen molar-refractivity contribution in [3.05, 3.63) is 58.7 Å². The number of fused-ring (bicyclic) bond motifs is 2. The Hall–Kier alpha value is -3.35. The standard InChI is InChI=1S/C28H32N2O5/c1-17-8-4-5-9-19(17)26(31)29-13-12-18-14-24(34-2)25(35-3)15-22(18)23(29)16-30-27(32)20-10-6-7-11-21(20)28(30)33/h6-7,10-11,14-15,17,19,23H,4-5,8-9,12-13,16H2,1-3H3/t17-,19+,23-/m1/s1. The zero-order valence-electron chi connectivity index (χ0n) is 20.6. The lowest BCUT2D eigenvalue weighted by atomic mass is 9.78. The van der Waals surface area contributed by atoms with Gasteiger partial charge in [-0.2, -0.15) is 0 Å². The summed E-state index contributed by atoms with van der Waals surface area (Å²) < 4.78 is 11.1. The van der Waals surface area contributed by atoms with Crippen molar-refractivity contribution in [2.24, 2.45) is 11.8 Å². The van der Waals surface area contributed by atoms with Crippen LogP contribution in [-0.4, -0.2) is 54.8 Å². The van der Waals surface area contributed by atoms with E-state index >= 15 is 0 Å². The molecule has 2 aromatic carbocycles. The van der Waals surface area contributed by atoms with Gasteiger partial charge in [0.05, 0.1) is 37.9 Å². The molecule has 7 heteroatoms. The molecule has 0 N–H and O–H groups in total. The Morgan fingerprint density at radius 3 is 2.23 bits per heavy atom. The fraction of sp³-hybridized carbons (Fsp3) is 0.464. The van der Waals surface area contributed by atoms with Crippen molar-refractivity contribution in [1.82, 2.24) is 9.80 Å². The Kier molecular flexibility index (Phi) is 6.26. The quantitative estimate of drug-likeness (QED) is 0.603. The Morgan fingerprint density at radius 2 is 1.60 bits per heavy atom. The van der Waals surface area contributed by atoms with Crippen LogP contribution in [0.5, 0.6) is 11.5 Å². The molecule has 0 spiro atoms. The van der Waals surface area contributed by atoms with Crippen LogP contribution in [0.1, 0.15) is 70.5 Å². The van der Waals surface area contributed by atoms with Gasteiger partial charge in [0.2, 0.25) is 5.91 Å². The number of rotatable bonds is 5. The molecule has 0 bridgehead atoms. The number of benzene rings is 2. The summed E-state index contributed by atoms with van der Waals surface area (Å²) in [7, 11) is 3.18. The maximum absolute atomic E-state index is 13.9. The van der Waals surface area contributed by atoms with Gasteiger partial charge in [-0.25, -0.2) is 0 Å². The van der Waals surface area contributed by atoms with Crippen LogP contribution >= 0.6 is 0 Å². The lowest BCUT2D eigenvalue weighted by Gasteiger charge is -2.42. The molecule has 1 saturated carbocycles. The molecule has 1 fully saturated rings. The largest absolute Gasteiger partial charge is 0.493 e. The van der Waals surface area contributed by atoms with Gasteiger partial charge in [-0.3, -0.25) is 19.3 Å². The minimum absolute atomic E-state index is 0.0323. The number of ether oxygens (including phenoxy) is 2. The molecule has 3 atom stereocenters. The molecule has 7 nitrogen and oxygen atoms in total. The maximum atomic E-state index is 13.9. The summed E-state index contributed by atoms with van der Waals surface area (Å²) in [6, 6.07) is 10.3. The summed E-state index contributed by atoms with van der Waals surface area (Å²) >= 11 is 0. The number of carbonyl (C=O) groups excluding carboxylic acids is 3. The van der Waals surface area contributed by atoms with Gasteiger partial charge in [0.15, 0.2) is 11.5 Å². The highest BCUT2D eigenvalue weighted by Gasteiger charge is 2.42. The zero-order valence-corrected chi connectivity index (χ0v) is 20.6. The molecule has 2 heterocycles. The number of carbonyl (C=O) groups is 3. The molecule has 2 aromatic rings. The van der Waals surface area contributed by atoms with E-state index in [1.165, 1.54) is 4.90 Å². The van der Waals surface area contributed by atoms with Crippen LogP contribution in [0.4, 0.5) is 0 Å². The predicted molar refractivity (Wildman–Crippen MR) is 131 cm³/mol. The molecule has 0 aromatic heterocycles. The van der Waals surface area contributed by atoms with E-state index in [1.807, 2.05) is 17.0 Å². The van der Waals surface area contributed by atoms with Gasteiger partial charge in [-0.05, 0) is 60.6 Å². The molecule has 1 aliphatic carbocycles. The number of methoxy groups -OCH3 is 2. The highest BCUT2D eigenvalue weighted by molar-refractivity contribution is 6.21. The molecule has 2 aliphatic heterocycles. The van der Waals surface area contributed by atoms with E-state index in [2.05, 4.69) is 6.92 Å². The van der Waals surface area contributed by atoms with Crippen molar-refractivity contribution in [2.45, 2.75) is 45.1 Å². The third kappa shape index (κ3) is 3.97. The van der Waals surface area contributed by atoms with E-state index < -0.39 is 6.04 Å². The monoisotopic (exact) mass is 476 g/mol. The van der Waals surface area contributed by atoms with Crippen molar-refractivity contribution in [1.29, 1.82) is 0 Å². The predicted octanol–water partition coefficient (Wildman–Crippen LogP) is 4.25. The highest BCUT2D eigenvalue weighted by atomic mass is 16.5. The van der Waals surface area contributed by atoms with E-state index in [1.54, 1.807) is 38.5 Å². The minimum Gasteiger partial charge on any atom is -0.493 e. The van der Waals surface area contributed by atoms with Crippen molar-refractivity contribution >= 4 is 17.7 Å². The SMILES string of the molecule is COc1cc2c(cc1OC)[C@@H](CN1C(=O)c3ccccc3C1=O)N(C(=O)[C@H]1CCCC[C@H]1C)CC2. The van der Waals surface area contributed by atoms with Crippen molar-refractivity contribution < 1.29 is 23.9 Å². The molecule has 35 heavy (non-hydrogen) atoms. The minimum atomic E-state index is -0.442. The maximum Gasteiger partial charge on any atom is 0.261 e. The topological polar surface area (TPSA) is 76.2 Å². The number of hydrogen-bond acceptors (Lipinski definition) is 5. The fourth-order valence-electron chi connectivity index (χ4n) is 5.96. The van der Waals surface area contributed by atoms with Gasteiger partial charge in [-0.1, -0.05) is 31.9 Å².